The van der Waals surface area contributed by atoms with Gasteiger partial charge in [-0.3, -0.25) is 9.59 Å². The minimum Gasteiger partial charge on any atom is -0.342 e. The maximum Gasteiger partial charge on any atom is 0.225 e. The van der Waals surface area contributed by atoms with Crippen molar-refractivity contribution in [2.24, 2.45) is 17.8 Å². The van der Waals surface area contributed by atoms with Crippen molar-refractivity contribution in [1.29, 1.82) is 0 Å². The average molecular weight is 392 g/mol. The van der Waals surface area contributed by atoms with Crippen LogP contribution in [0.2, 0.25) is 0 Å². The summed E-state index contributed by atoms with van der Waals surface area (Å²) in [6.45, 7) is 3.27. The Morgan fingerprint density at radius 2 is 1.68 bits per heavy atom. The van der Waals surface area contributed by atoms with E-state index in [4.69, 9.17) is 0 Å². The third-order valence-corrected chi connectivity index (χ3v) is 6.53. The van der Waals surface area contributed by atoms with Gasteiger partial charge in [-0.2, -0.15) is 0 Å². The number of hydrogen-bond acceptors (Lipinski definition) is 2. The Balaban J connectivity index is 1.49. The number of rotatable bonds is 6. The smallest absolute Gasteiger partial charge is 0.225 e. The normalized spacial score (nSPS) is 23.6. The van der Waals surface area contributed by atoms with Crippen molar-refractivity contribution in [3.8, 4) is 0 Å². The van der Waals surface area contributed by atoms with Gasteiger partial charge in [-0.15, -0.1) is 0 Å². The van der Waals surface area contributed by atoms with Crippen LogP contribution in [-0.4, -0.2) is 29.7 Å². The van der Waals surface area contributed by atoms with Crippen molar-refractivity contribution in [3.05, 3.63) is 35.4 Å². The number of ketones is 1. The van der Waals surface area contributed by atoms with Gasteiger partial charge >= 0.3 is 0 Å². The molecule has 0 radical (unpaired) electrons. The third kappa shape index (κ3) is 4.98. The van der Waals surface area contributed by atoms with Crippen molar-refractivity contribution in [2.75, 3.05) is 13.1 Å². The van der Waals surface area contributed by atoms with Crippen LogP contribution < -0.4 is 0 Å². The second kappa shape index (κ2) is 9.62. The van der Waals surface area contributed by atoms with E-state index in [1.165, 1.54) is 19.3 Å². The largest absolute Gasteiger partial charge is 0.342 e. The zero-order valence-electron chi connectivity index (χ0n) is 16.8. The van der Waals surface area contributed by atoms with E-state index in [0.717, 1.165) is 49.8 Å². The van der Waals surface area contributed by atoms with Gasteiger partial charge in [-0.25, -0.2) is 8.78 Å². The van der Waals surface area contributed by atoms with Crippen LogP contribution >= 0.6 is 0 Å². The molecule has 0 N–H and O–H groups in total. The van der Waals surface area contributed by atoms with Crippen LogP contribution in [0.1, 0.15) is 75.1 Å². The molecule has 1 aliphatic heterocycles. The van der Waals surface area contributed by atoms with Crippen molar-refractivity contribution in [1.82, 2.24) is 4.90 Å². The second-order valence-corrected chi connectivity index (χ2v) is 8.45. The van der Waals surface area contributed by atoms with Crippen LogP contribution in [0.3, 0.4) is 0 Å². The predicted molar refractivity (Wildman–Crippen MR) is 105 cm³/mol. The molecule has 0 atom stereocenters. The van der Waals surface area contributed by atoms with Crippen LogP contribution in [0.4, 0.5) is 8.78 Å². The predicted octanol–water partition coefficient (Wildman–Crippen LogP) is 5.38. The Hall–Kier alpha value is -1.78. The monoisotopic (exact) mass is 391 g/mol. The van der Waals surface area contributed by atoms with Gasteiger partial charge < -0.3 is 4.90 Å². The molecule has 1 heterocycles. The van der Waals surface area contributed by atoms with Crippen molar-refractivity contribution in [2.45, 2.75) is 64.7 Å². The van der Waals surface area contributed by atoms with E-state index < -0.39 is 11.6 Å². The summed E-state index contributed by atoms with van der Waals surface area (Å²) in [5, 5.41) is 0. The highest BCUT2D eigenvalue weighted by atomic mass is 19.1. The molecule has 0 aromatic heterocycles. The van der Waals surface area contributed by atoms with E-state index in [9.17, 15) is 18.4 Å². The summed E-state index contributed by atoms with van der Waals surface area (Å²) in [4.78, 5) is 27.3. The molecule has 1 aromatic rings. The van der Waals surface area contributed by atoms with Crippen LogP contribution in [0.5, 0.6) is 0 Å². The fraction of sp³-hybridized carbons (Fsp3) is 0.652. The Morgan fingerprint density at radius 1 is 1.00 bits per heavy atom. The number of likely N-dealkylation sites (tertiary alicyclic amines) is 1. The number of carbonyl (C=O) groups is 2. The number of halogens is 2. The zero-order chi connectivity index (χ0) is 20.1. The van der Waals surface area contributed by atoms with E-state index in [0.29, 0.717) is 25.9 Å². The lowest BCUT2D eigenvalue weighted by molar-refractivity contribution is -0.138. The fourth-order valence-electron chi connectivity index (χ4n) is 4.72. The quantitative estimate of drug-likeness (QED) is 0.610. The third-order valence-electron chi connectivity index (χ3n) is 6.53. The molecule has 28 heavy (non-hydrogen) atoms. The number of benzene rings is 1. The van der Waals surface area contributed by atoms with Gasteiger partial charge in [0.05, 0.1) is 5.56 Å². The Morgan fingerprint density at radius 3 is 2.32 bits per heavy atom. The van der Waals surface area contributed by atoms with Crippen LogP contribution in [0.25, 0.3) is 0 Å². The first-order valence-corrected chi connectivity index (χ1v) is 10.8. The topological polar surface area (TPSA) is 37.4 Å². The van der Waals surface area contributed by atoms with Gasteiger partial charge in [0.1, 0.15) is 11.6 Å². The molecular formula is C23H31F2NO2. The molecular weight excluding hydrogens is 360 g/mol. The molecule has 1 amide bonds. The number of amides is 1. The first-order valence-electron chi connectivity index (χ1n) is 10.8. The summed E-state index contributed by atoms with van der Waals surface area (Å²) in [5.41, 5.74) is -0.171. The Kier molecular flexibility index (Phi) is 7.19. The molecule has 0 spiro atoms. The van der Waals surface area contributed by atoms with Crippen LogP contribution in [0, 0.1) is 29.4 Å². The van der Waals surface area contributed by atoms with Gasteiger partial charge in [0.2, 0.25) is 5.91 Å². The molecule has 0 bridgehead atoms. The molecule has 3 nitrogen and oxygen atoms in total. The van der Waals surface area contributed by atoms with Gasteiger partial charge in [0.15, 0.2) is 5.78 Å². The number of nitrogens with zero attached hydrogens (tertiary/aromatic N) is 1. The number of piperidine rings is 1. The van der Waals surface area contributed by atoms with Crippen LogP contribution in [0.15, 0.2) is 18.2 Å². The van der Waals surface area contributed by atoms with E-state index in [-0.39, 0.29) is 29.1 Å². The van der Waals surface area contributed by atoms with Gasteiger partial charge in [-0.1, -0.05) is 26.2 Å². The molecule has 1 saturated heterocycles. The Bertz CT molecular complexity index is 690. The maximum absolute atomic E-state index is 13.9. The maximum atomic E-state index is 13.9. The molecule has 3 rings (SSSR count). The summed E-state index contributed by atoms with van der Waals surface area (Å²) in [5.74, 6) is -0.863. The Labute approximate surface area is 166 Å². The van der Waals surface area contributed by atoms with Crippen LogP contribution in [-0.2, 0) is 4.79 Å². The number of unbranched alkanes of at least 4 members (excludes halogenated alkanes) is 1. The lowest BCUT2D eigenvalue weighted by Gasteiger charge is -2.36. The molecule has 5 heteroatoms. The molecule has 2 fully saturated rings. The molecule has 1 aromatic carbocycles. The summed E-state index contributed by atoms with van der Waals surface area (Å²) < 4.78 is 27.3. The minimum atomic E-state index is -0.676. The number of carbonyl (C=O) groups excluding carboxylic acids is 2. The molecule has 1 aliphatic carbocycles. The lowest BCUT2D eigenvalue weighted by Crippen LogP contribution is -2.44. The molecule has 2 aliphatic rings. The fourth-order valence-corrected chi connectivity index (χ4v) is 4.72. The minimum absolute atomic E-state index is 0.116. The van der Waals surface area contributed by atoms with E-state index >= 15 is 0 Å². The molecule has 1 saturated carbocycles. The average Bonchev–Trinajstić information content (AvgIpc) is 2.73. The highest BCUT2D eigenvalue weighted by Gasteiger charge is 2.33. The summed E-state index contributed by atoms with van der Waals surface area (Å²) in [7, 11) is 0. The number of hydrogen-bond donors (Lipinski definition) is 0. The zero-order valence-corrected chi connectivity index (χ0v) is 16.8. The standard InChI is InChI=1S/C23H31F2NO2/c1-2-3-4-16-5-7-18(8-6-16)23(28)26-13-11-17(12-14-26)22(27)20-15-19(24)9-10-21(20)25/h9-10,15-18H,2-8,11-14H2,1H3. The highest BCUT2D eigenvalue weighted by molar-refractivity contribution is 5.98. The van der Waals surface area contributed by atoms with Gasteiger partial charge in [0.25, 0.3) is 0 Å². The van der Waals surface area contributed by atoms with E-state index in [2.05, 4.69) is 6.92 Å². The van der Waals surface area contributed by atoms with Crippen molar-refractivity contribution < 1.29 is 18.4 Å². The summed E-state index contributed by atoms with van der Waals surface area (Å²) in [6.07, 6.45) is 9.05. The summed E-state index contributed by atoms with van der Waals surface area (Å²) >= 11 is 0. The first kappa shape index (κ1) is 20.9. The van der Waals surface area contributed by atoms with Gasteiger partial charge in [-0.05, 0) is 62.6 Å². The van der Waals surface area contributed by atoms with E-state index in [1.807, 2.05) is 4.90 Å². The van der Waals surface area contributed by atoms with Crippen molar-refractivity contribution >= 4 is 11.7 Å². The number of Topliss-reactive ketones (excluding diaryl/α,β-unsaturated/α-hetero) is 1. The SMILES string of the molecule is CCCCC1CCC(C(=O)N2CCC(C(=O)c3cc(F)ccc3F)CC2)CC1. The highest BCUT2D eigenvalue weighted by Crippen LogP contribution is 2.34. The van der Waals surface area contributed by atoms with E-state index in [1.54, 1.807) is 0 Å². The van der Waals surface area contributed by atoms with Gasteiger partial charge in [0, 0.05) is 24.9 Å². The summed E-state index contributed by atoms with van der Waals surface area (Å²) in [6, 6.07) is 2.99. The molecule has 154 valence electrons. The first-order chi connectivity index (χ1) is 13.5. The lowest BCUT2D eigenvalue weighted by atomic mass is 9.79. The molecule has 0 unspecified atom stereocenters. The second-order valence-electron chi connectivity index (χ2n) is 8.45. The van der Waals surface area contributed by atoms with Crippen molar-refractivity contribution in [3.63, 3.8) is 0 Å².